The number of benzene rings is 2. The number of nitrogens with zero attached hydrogens (tertiary/aromatic N) is 2. The molecule has 5 nitrogen and oxygen atoms in total. The zero-order chi connectivity index (χ0) is 22.6. The number of halogens is 2. The summed E-state index contributed by atoms with van der Waals surface area (Å²) in [5.41, 5.74) is 2.16. The second kappa shape index (κ2) is 9.22. The largest absolute Gasteiger partial charge is 0.375 e. The number of para-hydroxylation sites is 1. The summed E-state index contributed by atoms with van der Waals surface area (Å²) in [4.78, 5) is 12.7. The van der Waals surface area contributed by atoms with Crippen LogP contribution in [0, 0.1) is 0 Å². The van der Waals surface area contributed by atoms with Crippen LogP contribution in [0.1, 0.15) is 41.9 Å². The van der Waals surface area contributed by atoms with E-state index < -0.39 is 18.0 Å². The smallest absolute Gasteiger partial charge is 0.282 e. The molecule has 0 fully saturated rings. The molecule has 3 rings (SSSR count). The van der Waals surface area contributed by atoms with E-state index >= 15 is 0 Å². The van der Waals surface area contributed by atoms with Gasteiger partial charge in [0, 0.05) is 31.6 Å². The third-order valence-corrected chi connectivity index (χ3v) is 4.91. The Balaban J connectivity index is 1.85. The van der Waals surface area contributed by atoms with Crippen LogP contribution >= 0.6 is 0 Å². The van der Waals surface area contributed by atoms with Crippen LogP contribution in [-0.2, 0) is 11.8 Å². The molecule has 0 aliphatic rings. The van der Waals surface area contributed by atoms with E-state index in [2.05, 4.69) is 10.4 Å². The fourth-order valence-electron chi connectivity index (χ4n) is 3.01. The van der Waals surface area contributed by atoms with E-state index in [1.54, 1.807) is 19.2 Å². The van der Waals surface area contributed by atoms with Crippen LogP contribution in [0.15, 0.2) is 60.8 Å². The monoisotopic (exact) mass is 425 g/mol. The fraction of sp³-hybridized carbons (Fsp3) is 0.250. The summed E-state index contributed by atoms with van der Waals surface area (Å²) in [7, 11) is 3.16. The second-order valence-corrected chi connectivity index (χ2v) is 7.67. The molecule has 0 aliphatic carbocycles. The Kier molecular flexibility index (Phi) is 6.65. The molecule has 0 saturated carbocycles. The molecule has 2 aromatic carbocycles. The van der Waals surface area contributed by atoms with Gasteiger partial charge in [-0.05, 0) is 31.0 Å². The van der Waals surface area contributed by atoms with Crippen molar-refractivity contribution in [3.63, 3.8) is 0 Å². The van der Waals surface area contributed by atoms with Crippen molar-refractivity contribution in [2.24, 2.45) is 7.05 Å². The number of hydrogen-bond donors (Lipinski definition) is 1. The summed E-state index contributed by atoms with van der Waals surface area (Å²) < 4.78 is 33.0. The number of anilines is 1. The molecule has 1 aromatic heterocycles. The van der Waals surface area contributed by atoms with Gasteiger partial charge in [-0.15, -0.1) is 0 Å². The summed E-state index contributed by atoms with van der Waals surface area (Å²) in [6, 6.07) is 15.1. The highest BCUT2D eigenvalue weighted by Gasteiger charge is 2.23. The number of hydrogen-bond acceptors (Lipinski definition) is 3. The van der Waals surface area contributed by atoms with Gasteiger partial charge >= 0.3 is 0 Å². The summed E-state index contributed by atoms with van der Waals surface area (Å²) in [5, 5.41) is 6.44. The second-order valence-electron chi connectivity index (χ2n) is 7.67. The highest BCUT2D eigenvalue weighted by atomic mass is 19.3. The van der Waals surface area contributed by atoms with Gasteiger partial charge in [-0.1, -0.05) is 54.6 Å². The highest BCUT2D eigenvalue weighted by molar-refractivity contribution is 6.07. The number of amides is 1. The Hall–Kier alpha value is -3.32. The first-order valence-electron chi connectivity index (χ1n) is 9.77. The number of aromatic nitrogens is 2. The Labute approximate surface area is 180 Å². The van der Waals surface area contributed by atoms with Crippen molar-refractivity contribution in [2.75, 3.05) is 12.4 Å². The van der Waals surface area contributed by atoms with E-state index in [1.807, 2.05) is 62.4 Å². The lowest BCUT2D eigenvalue weighted by Crippen LogP contribution is -2.18. The average Bonchev–Trinajstić information content (AvgIpc) is 3.15. The first-order chi connectivity index (χ1) is 14.7. The minimum absolute atomic E-state index is 0.145. The number of carbonyl (C=O) groups excluding carboxylic acids is 1. The van der Waals surface area contributed by atoms with Crippen LogP contribution in [0.2, 0.25) is 0 Å². The Morgan fingerprint density at radius 1 is 1.16 bits per heavy atom. The quantitative estimate of drug-likeness (QED) is 0.527. The van der Waals surface area contributed by atoms with E-state index in [9.17, 15) is 13.6 Å². The molecule has 1 N–H and O–H groups in total. The lowest BCUT2D eigenvalue weighted by molar-refractivity contribution is 0.0663. The first kappa shape index (κ1) is 22.4. The minimum atomic E-state index is -2.83. The Morgan fingerprint density at radius 3 is 2.48 bits per heavy atom. The van der Waals surface area contributed by atoms with Crippen molar-refractivity contribution in [2.45, 2.75) is 25.9 Å². The van der Waals surface area contributed by atoms with Crippen molar-refractivity contribution < 1.29 is 18.3 Å². The van der Waals surface area contributed by atoms with Gasteiger partial charge in [-0.3, -0.25) is 9.48 Å². The van der Waals surface area contributed by atoms with E-state index in [-0.39, 0.29) is 11.2 Å². The maximum absolute atomic E-state index is 13.2. The molecule has 1 amide bonds. The SMILES string of the molecule is COC(C)(C)C=Cc1ccc(-c2ccccc2NC(=O)c2cn(C)nc2C(F)F)cc1. The van der Waals surface area contributed by atoms with E-state index in [1.165, 1.54) is 17.9 Å². The lowest BCUT2D eigenvalue weighted by Gasteiger charge is -2.17. The molecule has 0 bridgehead atoms. The fourth-order valence-corrected chi connectivity index (χ4v) is 3.01. The van der Waals surface area contributed by atoms with Crippen LogP contribution < -0.4 is 5.32 Å². The summed E-state index contributed by atoms with van der Waals surface area (Å²) in [6.45, 7) is 3.94. The van der Waals surface area contributed by atoms with Crippen molar-refractivity contribution in [1.82, 2.24) is 9.78 Å². The van der Waals surface area contributed by atoms with Crippen molar-refractivity contribution >= 4 is 17.7 Å². The predicted molar refractivity (Wildman–Crippen MR) is 118 cm³/mol. The predicted octanol–water partition coefficient (Wildman–Crippen LogP) is 5.72. The van der Waals surface area contributed by atoms with E-state index in [4.69, 9.17) is 4.74 Å². The van der Waals surface area contributed by atoms with Crippen LogP contribution in [0.4, 0.5) is 14.5 Å². The van der Waals surface area contributed by atoms with Gasteiger partial charge in [0.15, 0.2) is 0 Å². The molecule has 0 radical (unpaired) electrons. The Morgan fingerprint density at radius 2 is 1.84 bits per heavy atom. The van der Waals surface area contributed by atoms with Gasteiger partial charge in [0.25, 0.3) is 12.3 Å². The van der Waals surface area contributed by atoms with Crippen LogP contribution in [0.25, 0.3) is 17.2 Å². The third kappa shape index (κ3) is 5.44. The molecule has 31 heavy (non-hydrogen) atoms. The first-order valence-corrected chi connectivity index (χ1v) is 9.77. The van der Waals surface area contributed by atoms with Crippen molar-refractivity contribution in [3.05, 3.63) is 77.6 Å². The molecule has 0 unspecified atom stereocenters. The number of nitrogens with one attached hydrogen (secondary N) is 1. The zero-order valence-corrected chi connectivity index (χ0v) is 17.9. The zero-order valence-electron chi connectivity index (χ0n) is 17.9. The molecule has 3 aromatic rings. The topological polar surface area (TPSA) is 56.1 Å². The molecule has 1 heterocycles. The van der Waals surface area contributed by atoms with Gasteiger partial charge in [-0.2, -0.15) is 5.10 Å². The Bertz CT molecular complexity index is 1090. The van der Waals surface area contributed by atoms with Crippen LogP contribution in [0.3, 0.4) is 0 Å². The summed E-state index contributed by atoms with van der Waals surface area (Å²) in [6.07, 6.45) is 2.42. The number of methoxy groups -OCH3 is 1. The van der Waals surface area contributed by atoms with Gasteiger partial charge in [0.1, 0.15) is 5.69 Å². The number of rotatable bonds is 7. The molecule has 0 spiro atoms. The molecule has 0 saturated heterocycles. The summed E-state index contributed by atoms with van der Waals surface area (Å²) >= 11 is 0. The van der Waals surface area contributed by atoms with Crippen LogP contribution in [0.5, 0.6) is 0 Å². The summed E-state index contributed by atoms with van der Waals surface area (Å²) in [5.74, 6) is -0.628. The van der Waals surface area contributed by atoms with Gasteiger partial charge in [-0.25, -0.2) is 8.78 Å². The van der Waals surface area contributed by atoms with E-state index in [0.29, 0.717) is 5.69 Å². The molecular formula is C24H25F2N3O2. The van der Waals surface area contributed by atoms with Crippen LogP contribution in [-0.4, -0.2) is 28.4 Å². The third-order valence-electron chi connectivity index (χ3n) is 4.91. The number of aryl methyl sites for hydroxylation is 1. The molecule has 0 aliphatic heterocycles. The molecule has 7 heteroatoms. The molecule has 0 atom stereocenters. The van der Waals surface area contributed by atoms with Crippen molar-refractivity contribution in [1.29, 1.82) is 0 Å². The number of carbonyl (C=O) groups is 1. The number of alkyl halides is 2. The molecular weight excluding hydrogens is 400 g/mol. The molecule has 162 valence electrons. The maximum Gasteiger partial charge on any atom is 0.282 e. The lowest BCUT2D eigenvalue weighted by atomic mass is 10.0. The highest BCUT2D eigenvalue weighted by Crippen LogP contribution is 2.30. The van der Waals surface area contributed by atoms with Crippen molar-refractivity contribution in [3.8, 4) is 11.1 Å². The standard InChI is InChI=1S/C24H25F2N3O2/c1-24(2,31-4)14-13-16-9-11-17(12-10-16)18-7-5-6-8-20(18)27-23(30)19-15-29(3)28-21(19)22(25)26/h5-15,22H,1-4H3,(H,27,30). The van der Waals surface area contributed by atoms with Gasteiger partial charge < -0.3 is 10.1 Å². The minimum Gasteiger partial charge on any atom is -0.375 e. The maximum atomic E-state index is 13.2. The van der Waals surface area contributed by atoms with E-state index in [0.717, 1.165) is 16.7 Å². The normalized spacial score (nSPS) is 12.0. The average molecular weight is 425 g/mol. The van der Waals surface area contributed by atoms with Gasteiger partial charge in [0.2, 0.25) is 0 Å². The van der Waals surface area contributed by atoms with Gasteiger partial charge in [0.05, 0.1) is 11.2 Å². The number of ether oxygens (including phenoxy) is 1.